The fraction of sp³-hybridized carbons (Fsp3) is 0.444. The molecular formula is C36H39F6N5O9. The SMILES string of the molecule is COC(=O)C(F)(F)F.COC(=O)C(F)(F)F.Cc1cc(COc2ccc(C3(CN4CCOCC4)CC(CC4(C)NC(=O)NC4=O)=NO3)cc2)c2ccccc2n1. The van der Waals surface area contributed by atoms with Crippen LogP contribution in [0.25, 0.3) is 10.9 Å². The number of rotatable bonds is 8. The lowest BCUT2D eigenvalue weighted by molar-refractivity contribution is -0.196. The van der Waals surface area contributed by atoms with E-state index in [0.717, 1.165) is 52.3 Å². The third kappa shape index (κ3) is 11.3. The van der Waals surface area contributed by atoms with Crippen LogP contribution in [0.3, 0.4) is 0 Å². The largest absolute Gasteiger partial charge is 0.490 e. The molecule has 2 saturated heterocycles. The van der Waals surface area contributed by atoms with Crippen molar-refractivity contribution < 1.29 is 69.3 Å². The Morgan fingerprint density at radius 2 is 1.54 bits per heavy atom. The summed E-state index contributed by atoms with van der Waals surface area (Å²) in [5, 5.41) is 10.5. The Bertz CT molecular complexity index is 1890. The zero-order valence-corrected chi connectivity index (χ0v) is 30.6. The number of nitrogens with one attached hydrogen (secondary N) is 2. The molecule has 0 bridgehead atoms. The summed E-state index contributed by atoms with van der Waals surface area (Å²) in [7, 11) is 1.35. The third-order valence-corrected chi connectivity index (χ3v) is 8.64. The number of hydrogen-bond donors (Lipinski definition) is 2. The van der Waals surface area contributed by atoms with Gasteiger partial charge < -0.3 is 29.1 Å². The number of nitrogens with zero attached hydrogens (tertiary/aromatic N) is 3. The van der Waals surface area contributed by atoms with Gasteiger partial charge in [-0.25, -0.2) is 14.4 Å². The number of urea groups is 1. The molecular weight excluding hydrogens is 760 g/mol. The molecule has 2 fully saturated rings. The Hall–Kier alpha value is -5.50. The number of aryl methyl sites for hydroxylation is 1. The van der Waals surface area contributed by atoms with E-state index in [-0.39, 0.29) is 12.3 Å². The van der Waals surface area contributed by atoms with Crippen LogP contribution in [0.2, 0.25) is 0 Å². The van der Waals surface area contributed by atoms with E-state index in [1.165, 1.54) is 0 Å². The molecule has 2 unspecified atom stereocenters. The number of esters is 2. The quantitative estimate of drug-likeness (QED) is 0.182. The standard InChI is InChI=1S/C30H33N5O5.2C3H3F3O2/c1-20-15-21(25-5-3-4-6-26(25)31-20)18-39-24-9-7-22(8-10-24)30(19-35-11-13-38-14-12-35)17-23(34-40-30)16-29(2)27(36)32-28(37)33-29;2*1-8-2(7)3(4,5)6/h3-10,15H,11-14,16-19H2,1-2H3,(H2,32,33,36,37);2*1H3. The summed E-state index contributed by atoms with van der Waals surface area (Å²) in [4.78, 5) is 56.3. The number of aromatic nitrogens is 1. The molecule has 6 rings (SSSR count). The fourth-order valence-electron chi connectivity index (χ4n) is 5.97. The van der Waals surface area contributed by atoms with E-state index in [9.17, 15) is 45.5 Å². The van der Waals surface area contributed by atoms with Crippen molar-refractivity contribution in [1.82, 2.24) is 20.5 Å². The zero-order chi connectivity index (χ0) is 41.3. The number of methoxy groups -OCH3 is 2. The van der Waals surface area contributed by atoms with Crippen molar-refractivity contribution in [1.29, 1.82) is 0 Å². The van der Waals surface area contributed by atoms with Crippen LogP contribution in [0.15, 0.2) is 59.8 Å². The first-order chi connectivity index (χ1) is 26.3. The van der Waals surface area contributed by atoms with Gasteiger partial charge in [-0.2, -0.15) is 26.3 Å². The number of alkyl halides is 6. The number of morpholine rings is 1. The molecule has 0 aliphatic carbocycles. The fourth-order valence-corrected chi connectivity index (χ4v) is 5.97. The monoisotopic (exact) mass is 799 g/mol. The van der Waals surface area contributed by atoms with Gasteiger partial charge in [-0.15, -0.1) is 0 Å². The number of hydrogen-bond acceptors (Lipinski definition) is 12. The van der Waals surface area contributed by atoms with Crippen LogP contribution in [0.4, 0.5) is 31.1 Å². The number of fused-ring (bicyclic) bond motifs is 1. The van der Waals surface area contributed by atoms with Crippen molar-refractivity contribution >= 4 is 40.5 Å². The molecule has 0 spiro atoms. The van der Waals surface area contributed by atoms with Gasteiger partial charge in [-0.1, -0.05) is 35.5 Å². The minimum atomic E-state index is -4.85. The second kappa shape index (κ2) is 18.0. The number of benzene rings is 2. The van der Waals surface area contributed by atoms with Crippen LogP contribution in [0.5, 0.6) is 5.75 Å². The number of imide groups is 1. The maximum absolute atomic E-state index is 12.4. The summed E-state index contributed by atoms with van der Waals surface area (Å²) in [6.07, 6.45) is -8.93. The van der Waals surface area contributed by atoms with Crippen LogP contribution in [0, 0.1) is 6.92 Å². The number of halogens is 6. The van der Waals surface area contributed by atoms with Gasteiger partial charge in [0.2, 0.25) is 0 Å². The molecule has 304 valence electrons. The van der Waals surface area contributed by atoms with E-state index in [4.69, 9.17) is 14.3 Å². The van der Waals surface area contributed by atoms with Crippen LogP contribution >= 0.6 is 0 Å². The average molecular weight is 800 g/mol. The molecule has 3 aliphatic rings. The highest BCUT2D eigenvalue weighted by molar-refractivity contribution is 6.09. The van der Waals surface area contributed by atoms with Gasteiger partial charge in [0.1, 0.15) is 17.9 Å². The summed E-state index contributed by atoms with van der Waals surface area (Å²) in [6, 6.07) is 17.6. The molecule has 2 aromatic carbocycles. The average Bonchev–Trinajstić information content (AvgIpc) is 3.67. The molecule has 2 atom stereocenters. The Morgan fingerprint density at radius 3 is 2.07 bits per heavy atom. The van der Waals surface area contributed by atoms with Crippen LogP contribution in [-0.2, 0) is 45.6 Å². The van der Waals surface area contributed by atoms with Gasteiger partial charge in [0.15, 0.2) is 5.60 Å². The molecule has 56 heavy (non-hydrogen) atoms. The number of para-hydroxylation sites is 1. The lowest BCUT2D eigenvalue weighted by Gasteiger charge is -2.35. The lowest BCUT2D eigenvalue weighted by atomic mass is 9.84. The molecule has 4 heterocycles. The number of ether oxygens (including phenoxy) is 4. The first-order valence-corrected chi connectivity index (χ1v) is 16.8. The summed E-state index contributed by atoms with van der Waals surface area (Å²) < 4.78 is 84.3. The van der Waals surface area contributed by atoms with Crippen molar-refractivity contribution in [2.75, 3.05) is 47.1 Å². The van der Waals surface area contributed by atoms with Crippen LogP contribution in [-0.4, -0.2) is 104 Å². The number of carbonyl (C=O) groups excluding carboxylic acids is 4. The molecule has 2 N–H and O–H groups in total. The predicted molar refractivity (Wildman–Crippen MR) is 185 cm³/mol. The van der Waals surface area contributed by atoms with E-state index in [1.807, 2.05) is 49.4 Å². The second-order valence-corrected chi connectivity index (χ2v) is 13.0. The van der Waals surface area contributed by atoms with E-state index in [1.54, 1.807) is 6.92 Å². The predicted octanol–water partition coefficient (Wildman–Crippen LogP) is 4.86. The lowest BCUT2D eigenvalue weighted by Crippen LogP contribution is -2.47. The molecule has 3 amide bonds. The zero-order valence-electron chi connectivity index (χ0n) is 30.6. The van der Waals surface area contributed by atoms with Crippen molar-refractivity contribution in [2.24, 2.45) is 5.16 Å². The van der Waals surface area contributed by atoms with Crippen molar-refractivity contribution in [3.05, 3.63) is 71.4 Å². The van der Waals surface area contributed by atoms with E-state index < -0.39 is 41.5 Å². The number of carbonyl (C=O) groups is 4. The molecule has 0 saturated carbocycles. The minimum Gasteiger partial charge on any atom is -0.489 e. The molecule has 3 aromatic rings. The highest BCUT2D eigenvalue weighted by atomic mass is 19.4. The highest BCUT2D eigenvalue weighted by Crippen LogP contribution is 2.39. The highest BCUT2D eigenvalue weighted by Gasteiger charge is 2.48. The molecule has 3 aliphatic heterocycles. The molecule has 14 nitrogen and oxygen atoms in total. The maximum atomic E-state index is 12.4. The van der Waals surface area contributed by atoms with Gasteiger partial charge in [0.25, 0.3) is 5.91 Å². The summed E-state index contributed by atoms with van der Waals surface area (Å²) >= 11 is 0. The second-order valence-electron chi connectivity index (χ2n) is 13.0. The number of amides is 3. The van der Waals surface area contributed by atoms with Gasteiger partial charge in [0.05, 0.1) is 38.7 Å². The van der Waals surface area contributed by atoms with Crippen molar-refractivity contribution in [2.45, 2.75) is 56.8 Å². The van der Waals surface area contributed by atoms with Crippen LogP contribution < -0.4 is 15.4 Å². The molecule has 20 heteroatoms. The Kier molecular flexibility index (Phi) is 13.9. The minimum absolute atomic E-state index is 0.274. The van der Waals surface area contributed by atoms with Gasteiger partial charge in [-0.05, 0) is 38.1 Å². The molecule has 0 radical (unpaired) electrons. The van der Waals surface area contributed by atoms with Gasteiger partial charge in [-0.3, -0.25) is 20.0 Å². The van der Waals surface area contributed by atoms with E-state index in [0.29, 0.717) is 47.0 Å². The summed E-state index contributed by atoms with van der Waals surface area (Å²) in [6.45, 7) is 7.70. The van der Waals surface area contributed by atoms with Crippen LogP contribution in [0.1, 0.15) is 36.6 Å². The van der Waals surface area contributed by atoms with Gasteiger partial charge >= 0.3 is 30.3 Å². The van der Waals surface area contributed by atoms with Crippen molar-refractivity contribution in [3.8, 4) is 5.75 Å². The normalized spacial score (nSPS) is 20.9. The summed E-state index contributed by atoms with van der Waals surface area (Å²) in [5.41, 5.74) is 2.92. The maximum Gasteiger partial charge on any atom is 0.490 e. The first kappa shape index (κ1) is 43.2. The topological polar surface area (TPSA) is 167 Å². The first-order valence-electron chi connectivity index (χ1n) is 16.8. The van der Waals surface area contributed by atoms with E-state index >= 15 is 0 Å². The third-order valence-electron chi connectivity index (χ3n) is 8.64. The number of pyridine rings is 1. The smallest absolute Gasteiger partial charge is 0.489 e. The Labute approximate surface area is 316 Å². The van der Waals surface area contributed by atoms with E-state index in [2.05, 4.69) is 47.3 Å². The summed E-state index contributed by atoms with van der Waals surface area (Å²) in [5.74, 6) is -3.94. The number of oxime groups is 1. The Morgan fingerprint density at radius 1 is 0.929 bits per heavy atom. The molecule has 1 aromatic heterocycles. The van der Waals surface area contributed by atoms with Crippen molar-refractivity contribution in [3.63, 3.8) is 0 Å². The Balaban J connectivity index is 0.000000366. The van der Waals surface area contributed by atoms with Gasteiger partial charge in [0, 0.05) is 54.7 Å².